The third-order valence-corrected chi connectivity index (χ3v) is 7.06. The maximum Gasteiger partial charge on any atom is 0.326 e. The monoisotopic (exact) mass is 477 g/mol. The van der Waals surface area contributed by atoms with E-state index in [9.17, 15) is 14.7 Å². The molecule has 1 unspecified atom stereocenters. The van der Waals surface area contributed by atoms with Gasteiger partial charge in [0.2, 0.25) is 0 Å². The maximum atomic E-state index is 12.6. The average molecular weight is 478 g/mol. The van der Waals surface area contributed by atoms with Crippen molar-refractivity contribution < 1.29 is 19.1 Å². The van der Waals surface area contributed by atoms with Crippen molar-refractivity contribution in [3.05, 3.63) is 53.5 Å². The third kappa shape index (κ3) is 5.62. The van der Waals surface area contributed by atoms with E-state index < -0.39 is 17.9 Å². The Morgan fingerprint density at radius 1 is 1.29 bits per heavy atom. The average Bonchev–Trinajstić information content (AvgIpc) is 3.53. The molecule has 4 heterocycles. The highest BCUT2D eigenvalue weighted by atomic mass is 16.4. The molecule has 9 nitrogen and oxygen atoms in total. The van der Waals surface area contributed by atoms with Gasteiger partial charge in [0.1, 0.15) is 17.4 Å². The minimum absolute atomic E-state index is 0.359. The summed E-state index contributed by atoms with van der Waals surface area (Å²) in [7, 11) is 0. The lowest BCUT2D eigenvalue weighted by atomic mass is 10.00. The zero-order chi connectivity index (χ0) is 24.2. The van der Waals surface area contributed by atoms with E-state index in [1.165, 1.54) is 12.0 Å². The first-order chi connectivity index (χ1) is 17.0. The summed E-state index contributed by atoms with van der Waals surface area (Å²) in [5.41, 5.74) is 3.96. The van der Waals surface area contributed by atoms with Crippen LogP contribution in [0.15, 0.2) is 41.1 Å². The summed E-state index contributed by atoms with van der Waals surface area (Å²) in [5.74, 6) is 0.176. The molecule has 1 saturated heterocycles. The molecule has 2 aliphatic heterocycles. The fraction of sp³-hybridized carbons (Fsp3) is 0.462. The van der Waals surface area contributed by atoms with Gasteiger partial charge < -0.3 is 25.1 Å². The van der Waals surface area contributed by atoms with Crippen LogP contribution in [0.25, 0.3) is 11.1 Å². The number of amides is 1. The van der Waals surface area contributed by atoms with E-state index >= 15 is 0 Å². The molecule has 1 amide bonds. The van der Waals surface area contributed by atoms with Crippen LogP contribution in [0.5, 0.6) is 0 Å². The lowest BCUT2D eigenvalue weighted by Crippen LogP contribution is -2.43. The highest BCUT2D eigenvalue weighted by Crippen LogP contribution is 2.24. The number of hydrogen-bond acceptors (Lipinski definition) is 7. The van der Waals surface area contributed by atoms with E-state index in [0.29, 0.717) is 35.5 Å². The number of aromatic nitrogens is 2. The van der Waals surface area contributed by atoms with Gasteiger partial charge in [-0.2, -0.15) is 0 Å². The van der Waals surface area contributed by atoms with Crippen LogP contribution in [0.1, 0.15) is 47.3 Å². The lowest BCUT2D eigenvalue weighted by molar-refractivity contribution is -0.139. The number of carbonyl (C=O) groups excluding carboxylic acids is 1. The highest BCUT2D eigenvalue weighted by molar-refractivity contribution is 5.98. The van der Waals surface area contributed by atoms with Gasteiger partial charge in [0.15, 0.2) is 12.0 Å². The van der Waals surface area contributed by atoms with Crippen LogP contribution in [0.3, 0.4) is 0 Å². The molecule has 35 heavy (non-hydrogen) atoms. The zero-order valence-electron chi connectivity index (χ0n) is 19.7. The molecule has 1 fully saturated rings. The number of rotatable bonds is 9. The Morgan fingerprint density at radius 2 is 2.20 bits per heavy atom. The van der Waals surface area contributed by atoms with E-state index in [1.807, 2.05) is 0 Å². The molecule has 5 rings (SSSR count). The molecular formula is C26H31N5O4. The number of aryl methyl sites for hydroxylation is 2. The first-order valence-electron chi connectivity index (χ1n) is 12.4. The minimum Gasteiger partial charge on any atom is -0.480 e. The number of carbonyl (C=O) groups is 2. The van der Waals surface area contributed by atoms with Gasteiger partial charge in [0, 0.05) is 30.9 Å². The number of nitrogens with zero attached hydrogens (tertiary/aromatic N) is 3. The molecule has 2 atom stereocenters. The summed E-state index contributed by atoms with van der Waals surface area (Å²) in [5, 5.41) is 15.7. The van der Waals surface area contributed by atoms with Crippen molar-refractivity contribution in [3.8, 4) is 0 Å². The van der Waals surface area contributed by atoms with Crippen molar-refractivity contribution in [1.82, 2.24) is 20.2 Å². The molecule has 2 aliphatic rings. The second kappa shape index (κ2) is 10.4. The topological polar surface area (TPSA) is 121 Å². The number of benzene rings is 1. The van der Waals surface area contributed by atoms with Crippen LogP contribution in [0.2, 0.25) is 0 Å². The standard InChI is InChI=1S/C26H31N5O4/c32-25(19-5-8-23-22(14-19)28-16-35-23)30-21(26(33)34)10-13-31-12-9-17(15-31)3-6-20-7-4-18-2-1-11-27-24(18)29-20/h4-5,7-8,14,16-17,21H,1-3,6,9-13,15H2,(H,27,29)(H,30,32)(H,33,34)/t17-,21?/m0/s1. The number of likely N-dealkylation sites (tertiary alicyclic amines) is 1. The van der Waals surface area contributed by atoms with Crippen molar-refractivity contribution in [2.75, 3.05) is 31.5 Å². The molecule has 9 heteroatoms. The van der Waals surface area contributed by atoms with E-state index in [-0.39, 0.29) is 0 Å². The molecule has 3 N–H and O–H groups in total. The van der Waals surface area contributed by atoms with Crippen molar-refractivity contribution in [2.24, 2.45) is 5.92 Å². The number of carboxylic acids is 1. The Kier molecular flexibility index (Phi) is 6.94. The number of pyridine rings is 1. The number of oxazole rings is 1. The summed E-state index contributed by atoms with van der Waals surface area (Å²) in [4.78, 5) is 35.6. The van der Waals surface area contributed by atoms with Crippen LogP contribution in [-0.4, -0.2) is 64.1 Å². The Labute approximate surface area is 203 Å². The molecule has 0 bridgehead atoms. The lowest BCUT2D eigenvalue weighted by Gasteiger charge is -2.20. The Morgan fingerprint density at radius 3 is 3.09 bits per heavy atom. The molecule has 1 aromatic carbocycles. The maximum absolute atomic E-state index is 12.6. The van der Waals surface area contributed by atoms with Gasteiger partial charge in [-0.15, -0.1) is 0 Å². The summed E-state index contributed by atoms with van der Waals surface area (Å²) >= 11 is 0. The van der Waals surface area contributed by atoms with Gasteiger partial charge in [0.25, 0.3) is 5.91 Å². The third-order valence-electron chi connectivity index (χ3n) is 7.06. The number of anilines is 1. The van der Waals surface area contributed by atoms with Crippen LogP contribution < -0.4 is 10.6 Å². The fourth-order valence-electron chi connectivity index (χ4n) is 5.02. The quantitative estimate of drug-likeness (QED) is 0.430. The number of carboxylic acid groups (broad SMARTS) is 1. The smallest absolute Gasteiger partial charge is 0.326 e. The molecule has 184 valence electrons. The zero-order valence-corrected chi connectivity index (χ0v) is 19.7. The van der Waals surface area contributed by atoms with Crippen molar-refractivity contribution >= 4 is 28.8 Å². The normalized spacial score (nSPS) is 18.7. The minimum atomic E-state index is -1.02. The van der Waals surface area contributed by atoms with E-state index in [1.54, 1.807) is 18.2 Å². The second-order valence-corrected chi connectivity index (χ2v) is 9.52. The van der Waals surface area contributed by atoms with Gasteiger partial charge in [-0.1, -0.05) is 6.07 Å². The Bertz CT molecular complexity index is 1210. The number of fused-ring (bicyclic) bond motifs is 2. The van der Waals surface area contributed by atoms with E-state index in [2.05, 4.69) is 32.7 Å². The van der Waals surface area contributed by atoms with E-state index in [4.69, 9.17) is 9.40 Å². The van der Waals surface area contributed by atoms with Crippen LogP contribution >= 0.6 is 0 Å². The van der Waals surface area contributed by atoms with Crippen LogP contribution in [0, 0.1) is 5.92 Å². The molecule has 2 aromatic heterocycles. The predicted octanol–water partition coefficient (Wildman–Crippen LogP) is 3.11. The van der Waals surface area contributed by atoms with Gasteiger partial charge >= 0.3 is 5.97 Å². The largest absolute Gasteiger partial charge is 0.480 e. The van der Waals surface area contributed by atoms with Crippen molar-refractivity contribution in [1.29, 1.82) is 0 Å². The number of hydrogen-bond donors (Lipinski definition) is 3. The predicted molar refractivity (Wildman–Crippen MR) is 131 cm³/mol. The molecular weight excluding hydrogens is 446 g/mol. The first kappa shape index (κ1) is 23.3. The number of aliphatic carboxylic acids is 1. The van der Waals surface area contributed by atoms with Gasteiger partial charge in [-0.25, -0.2) is 14.8 Å². The van der Waals surface area contributed by atoms with Crippen molar-refractivity contribution in [3.63, 3.8) is 0 Å². The fourth-order valence-corrected chi connectivity index (χ4v) is 5.02. The van der Waals surface area contributed by atoms with Crippen molar-refractivity contribution in [2.45, 2.75) is 44.6 Å². The highest BCUT2D eigenvalue weighted by Gasteiger charge is 2.26. The van der Waals surface area contributed by atoms with Gasteiger partial charge in [-0.05, 0) is 80.8 Å². The molecule has 3 aromatic rings. The summed E-state index contributed by atoms with van der Waals surface area (Å²) in [6, 6.07) is 8.29. The second-order valence-electron chi connectivity index (χ2n) is 9.52. The molecule has 0 spiro atoms. The van der Waals surface area contributed by atoms with Crippen LogP contribution in [-0.2, 0) is 17.6 Å². The molecule has 0 radical (unpaired) electrons. The van der Waals surface area contributed by atoms with Gasteiger partial charge in [-0.3, -0.25) is 4.79 Å². The Hall–Kier alpha value is -3.46. The Balaban J connectivity index is 1.09. The first-order valence-corrected chi connectivity index (χ1v) is 12.4. The summed E-state index contributed by atoms with van der Waals surface area (Å²) in [6.45, 7) is 3.53. The molecule has 0 saturated carbocycles. The number of nitrogens with one attached hydrogen (secondary N) is 2. The van der Waals surface area contributed by atoms with Crippen LogP contribution in [0.4, 0.5) is 5.82 Å². The summed E-state index contributed by atoms with van der Waals surface area (Å²) < 4.78 is 5.19. The summed E-state index contributed by atoms with van der Waals surface area (Å²) in [6.07, 6.45) is 7.07. The SMILES string of the molecule is O=C(NC(CCN1CC[C@H](CCc2ccc3c(n2)NCCC3)C1)C(=O)O)c1ccc2ocnc2c1. The molecule has 0 aliphatic carbocycles. The van der Waals surface area contributed by atoms with E-state index in [0.717, 1.165) is 63.3 Å². The van der Waals surface area contributed by atoms with Gasteiger partial charge in [0.05, 0.1) is 0 Å².